The smallest absolute Gasteiger partial charge is 0.350 e. The summed E-state index contributed by atoms with van der Waals surface area (Å²) >= 11 is 0. The quantitative estimate of drug-likeness (QED) is 0.455. The molecule has 0 saturated heterocycles. The van der Waals surface area contributed by atoms with E-state index in [0.29, 0.717) is 29.4 Å². The highest BCUT2D eigenvalue weighted by atomic mass is 16.5. The average molecular weight is 430 g/mol. The summed E-state index contributed by atoms with van der Waals surface area (Å²) in [7, 11) is 3.13. The Kier molecular flexibility index (Phi) is 6.03. The fourth-order valence-corrected chi connectivity index (χ4v) is 3.30. The molecule has 4 rings (SSSR count). The Morgan fingerprint density at radius 3 is 2.66 bits per heavy atom. The van der Waals surface area contributed by atoms with Crippen molar-refractivity contribution in [3.05, 3.63) is 94.5 Å². The third kappa shape index (κ3) is 4.54. The van der Waals surface area contributed by atoms with E-state index in [-0.39, 0.29) is 11.6 Å². The van der Waals surface area contributed by atoms with E-state index in [0.717, 1.165) is 11.1 Å². The second-order valence-corrected chi connectivity index (χ2v) is 7.01. The predicted octanol–water partition coefficient (Wildman–Crippen LogP) is 3.21. The Bertz CT molecular complexity index is 1350. The lowest BCUT2D eigenvalue weighted by Gasteiger charge is -2.08. The lowest BCUT2D eigenvalue weighted by Crippen LogP contribution is -2.21. The van der Waals surface area contributed by atoms with Crippen LogP contribution in [-0.2, 0) is 11.3 Å². The molecule has 0 saturated carbocycles. The van der Waals surface area contributed by atoms with Gasteiger partial charge in [0.1, 0.15) is 0 Å². The molecule has 2 heterocycles. The van der Waals surface area contributed by atoms with E-state index in [1.54, 1.807) is 56.8 Å². The number of ether oxygens (including phenoxy) is 2. The summed E-state index contributed by atoms with van der Waals surface area (Å²) in [5.41, 5.74) is 2.64. The summed E-state index contributed by atoms with van der Waals surface area (Å²) in [4.78, 5) is 24.8. The highest BCUT2D eigenvalue weighted by molar-refractivity contribution is 6.02. The van der Waals surface area contributed by atoms with Crippen molar-refractivity contribution >= 4 is 23.3 Å². The largest absolute Gasteiger partial charge is 0.493 e. The molecule has 0 radical (unpaired) electrons. The maximum Gasteiger partial charge on any atom is 0.350 e. The first-order valence-electron chi connectivity index (χ1n) is 9.91. The van der Waals surface area contributed by atoms with Gasteiger partial charge in [0.2, 0.25) is 5.91 Å². The van der Waals surface area contributed by atoms with Gasteiger partial charge in [0.05, 0.1) is 20.8 Å². The third-order valence-corrected chi connectivity index (χ3v) is 4.85. The lowest BCUT2D eigenvalue weighted by atomic mass is 10.1. The Balaban J connectivity index is 1.45. The molecule has 32 heavy (non-hydrogen) atoms. The number of anilines is 1. The number of benzene rings is 2. The van der Waals surface area contributed by atoms with Crippen molar-refractivity contribution in [3.63, 3.8) is 0 Å². The lowest BCUT2D eigenvalue weighted by molar-refractivity contribution is -0.111. The fraction of sp³-hybridized carbons (Fsp3) is 0.125. The van der Waals surface area contributed by atoms with Crippen molar-refractivity contribution in [1.82, 2.24) is 14.2 Å². The normalized spacial score (nSPS) is 11.1. The Labute approximate surface area is 184 Å². The molecule has 2 aromatic heterocycles. The molecule has 0 atom stereocenters. The molecular weight excluding hydrogens is 408 g/mol. The maximum absolute atomic E-state index is 12.5. The molecule has 0 bridgehead atoms. The van der Waals surface area contributed by atoms with Gasteiger partial charge in [-0.15, -0.1) is 5.10 Å². The van der Waals surface area contributed by atoms with Crippen LogP contribution in [0.3, 0.4) is 0 Å². The second-order valence-electron chi connectivity index (χ2n) is 7.01. The molecule has 4 aromatic rings. The number of carbonyl (C=O) groups excluding carboxylic acids is 1. The van der Waals surface area contributed by atoms with Gasteiger partial charge >= 0.3 is 5.69 Å². The summed E-state index contributed by atoms with van der Waals surface area (Å²) in [5.74, 6) is 0.933. The molecule has 8 nitrogen and oxygen atoms in total. The Morgan fingerprint density at radius 2 is 1.88 bits per heavy atom. The second kappa shape index (κ2) is 9.22. The maximum atomic E-state index is 12.5. The summed E-state index contributed by atoms with van der Waals surface area (Å²) in [5, 5.41) is 7.17. The number of nitrogens with one attached hydrogen (secondary N) is 1. The molecule has 1 N–H and O–H groups in total. The van der Waals surface area contributed by atoms with Crippen LogP contribution in [0, 0.1) is 0 Å². The van der Waals surface area contributed by atoms with Crippen LogP contribution in [0.4, 0.5) is 5.69 Å². The molecule has 0 unspecified atom stereocenters. The van der Waals surface area contributed by atoms with E-state index in [1.165, 1.54) is 15.2 Å². The zero-order valence-electron chi connectivity index (χ0n) is 17.7. The molecule has 0 aliphatic carbocycles. The highest BCUT2D eigenvalue weighted by Crippen LogP contribution is 2.28. The first-order valence-corrected chi connectivity index (χ1v) is 9.91. The minimum Gasteiger partial charge on any atom is -0.493 e. The molecule has 0 aliphatic rings. The van der Waals surface area contributed by atoms with Gasteiger partial charge < -0.3 is 14.8 Å². The number of fused-ring (bicyclic) bond motifs is 1. The van der Waals surface area contributed by atoms with Gasteiger partial charge in [0.25, 0.3) is 0 Å². The van der Waals surface area contributed by atoms with Gasteiger partial charge in [-0.3, -0.25) is 9.20 Å². The SMILES string of the molecule is COc1ccc(/C=C/C(=O)Nc2cccc(Cn3nc4ccccn4c3=O)c2)cc1OC. The van der Waals surface area contributed by atoms with E-state index in [2.05, 4.69) is 10.4 Å². The average Bonchev–Trinajstić information content (AvgIpc) is 3.13. The van der Waals surface area contributed by atoms with Gasteiger partial charge in [-0.05, 0) is 53.6 Å². The van der Waals surface area contributed by atoms with Gasteiger partial charge in [-0.1, -0.05) is 24.3 Å². The predicted molar refractivity (Wildman–Crippen MR) is 122 cm³/mol. The highest BCUT2D eigenvalue weighted by Gasteiger charge is 2.08. The topological polar surface area (TPSA) is 86.9 Å². The van der Waals surface area contributed by atoms with Crippen LogP contribution in [0.1, 0.15) is 11.1 Å². The molecule has 1 amide bonds. The first kappa shape index (κ1) is 20.9. The first-order chi connectivity index (χ1) is 15.6. The zero-order chi connectivity index (χ0) is 22.5. The van der Waals surface area contributed by atoms with E-state index >= 15 is 0 Å². The fourth-order valence-electron chi connectivity index (χ4n) is 3.30. The number of amides is 1. The minimum absolute atomic E-state index is 0.215. The van der Waals surface area contributed by atoms with Crippen LogP contribution in [-0.4, -0.2) is 34.3 Å². The third-order valence-electron chi connectivity index (χ3n) is 4.85. The van der Waals surface area contributed by atoms with Crippen molar-refractivity contribution in [2.75, 3.05) is 19.5 Å². The van der Waals surface area contributed by atoms with Crippen molar-refractivity contribution in [2.24, 2.45) is 0 Å². The molecule has 8 heteroatoms. The summed E-state index contributed by atoms with van der Waals surface area (Å²) in [6, 6.07) is 18.1. The molecule has 0 spiro atoms. The number of nitrogens with zero attached hydrogens (tertiary/aromatic N) is 3. The van der Waals surface area contributed by atoms with Crippen LogP contribution < -0.4 is 20.5 Å². The van der Waals surface area contributed by atoms with Crippen molar-refractivity contribution in [1.29, 1.82) is 0 Å². The van der Waals surface area contributed by atoms with Gasteiger partial charge in [0, 0.05) is 18.0 Å². The van der Waals surface area contributed by atoms with Crippen LogP contribution in [0.15, 0.2) is 77.7 Å². The van der Waals surface area contributed by atoms with Gasteiger partial charge in [-0.25, -0.2) is 9.48 Å². The minimum atomic E-state index is -0.276. The van der Waals surface area contributed by atoms with Crippen molar-refractivity contribution in [3.8, 4) is 11.5 Å². The zero-order valence-corrected chi connectivity index (χ0v) is 17.7. The number of pyridine rings is 1. The van der Waals surface area contributed by atoms with Crippen LogP contribution in [0.25, 0.3) is 11.7 Å². The van der Waals surface area contributed by atoms with Crippen LogP contribution in [0.2, 0.25) is 0 Å². The monoisotopic (exact) mass is 430 g/mol. The molecule has 2 aromatic carbocycles. The van der Waals surface area contributed by atoms with Crippen molar-refractivity contribution in [2.45, 2.75) is 6.54 Å². The van der Waals surface area contributed by atoms with Crippen LogP contribution in [0.5, 0.6) is 11.5 Å². The van der Waals surface area contributed by atoms with E-state index in [1.807, 2.05) is 30.3 Å². The Morgan fingerprint density at radius 1 is 1.03 bits per heavy atom. The van der Waals surface area contributed by atoms with Gasteiger partial charge in [-0.2, -0.15) is 0 Å². The Hall–Kier alpha value is -4.33. The number of hydrogen-bond acceptors (Lipinski definition) is 5. The van der Waals surface area contributed by atoms with Crippen molar-refractivity contribution < 1.29 is 14.3 Å². The summed E-state index contributed by atoms with van der Waals surface area (Å²) in [6.45, 7) is 0.297. The van der Waals surface area contributed by atoms with E-state index in [4.69, 9.17) is 9.47 Å². The molecule has 162 valence electrons. The number of hydrogen-bond donors (Lipinski definition) is 1. The van der Waals surface area contributed by atoms with Gasteiger partial charge in [0.15, 0.2) is 17.1 Å². The van der Waals surface area contributed by atoms with Crippen LogP contribution >= 0.6 is 0 Å². The molecular formula is C24H22N4O4. The standard InChI is InChI=1S/C24H22N4O4/c1-31-20-11-9-17(15-21(20)32-2)10-12-23(29)25-19-7-5-6-18(14-19)16-28-24(30)27-13-4-3-8-22(27)26-28/h3-15H,16H2,1-2H3,(H,25,29)/b12-10+. The number of carbonyl (C=O) groups is 1. The number of rotatable bonds is 7. The molecule has 0 aliphatic heterocycles. The summed E-state index contributed by atoms with van der Waals surface area (Å²) in [6.07, 6.45) is 4.82. The number of aromatic nitrogens is 3. The molecule has 0 fully saturated rings. The van der Waals surface area contributed by atoms with E-state index < -0.39 is 0 Å². The summed E-state index contributed by atoms with van der Waals surface area (Å²) < 4.78 is 13.4. The van der Waals surface area contributed by atoms with E-state index in [9.17, 15) is 9.59 Å². The number of methoxy groups -OCH3 is 2.